The van der Waals surface area contributed by atoms with E-state index in [0.29, 0.717) is 0 Å². The van der Waals surface area contributed by atoms with Gasteiger partial charge < -0.3 is 10.3 Å². The first kappa shape index (κ1) is 8.53. The van der Waals surface area contributed by atoms with Crippen molar-refractivity contribution in [2.45, 2.75) is 12.5 Å². The minimum absolute atomic E-state index is 0.261. The maximum absolute atomic E-state index is 5.86. The zero-order valence-electron chi connectivity index (χ0n) is 8.43. The summed E-state index contributed by atoms with van der Waals surface area (Å²) < 4.78 is 2.18. The van der Waals surface area contributed by atoms with E-state index in [-0.39, 0.29) is 6.04 Å². The molecular weight excluding hydrogens is 186 g/mol. The summed E-state index contributed by atoms with van der Waals surface area (Å²) in [6.45, 7) is 0.852. The molecule has 2 heterocycles. The highest BCUT2D eigenvalue weighted by Crippen LogP contribution is 2.23. The summed E-state index contributed by atoms with van der Waals surface area (Å²) in [7, 11) is 0. The van der Waals surface area contributed by atoms with Crippen LogP contribution in [-0.4, -0.2) is 16.9 Å². The van der Waals surface area contributed by atoms with Crippen LogP contribution in [0.25, 0.3) is 10.8 Å². The van der Waals surface area contributed by atoms with E-state index in [1.54, 1.807) is 0 Å². The van der Waals surface area contributed by atoms with Crippen LogP contribution in [0.3, 0.4) is 0 Å². The molecule has 3 heteroatoms. The van der Waals surface area contributed by atoms with Gasteiger partial charge in [-0.1, -0.05) is 24.3 Å². The SMILES string of the molecule is NC1=NCCC1n1cc2ccccc2c1. The quantitative estimate of drug-likeness (QED) is 0.749. The van der Waals surface area contributed by atoms with Crippen molar-refractivity contribution in [3.8, 4) is 0 Å². The van der Waals surface area contributed by atoms with Gasteiger partial charge in [0.25, 0.3) is 0 Å². The fourth-order valence-corrected chi connectivity index (χ4v) is 2.16. The molecule has 1 aromatic carbocycles. The van der Waals surface area contributed by atoms with E-state index in [1.165, 1.54) is 10.8 Å². The van der Waals surface area contributed by atoms with Gasteiger partial charge in [0.2, 0.25) is 0 Å². The van der Waals surface area contributed by atoms with Crippen molar-refractivity contribution in [3.63, 3.8) is 0 Å². The average molecular weight is 199 g/mol. The van der Waals surface area contributed by atoms with Crippen LogP contribution in [0, 0.1) is 0 Å². The Bertz CT molecular complexity index is 491. The number of aromatic nitrogens is 1. The fourth-order valence-electron chi connectivity index (χ4n) is 2.16. The van der Waals surface area contributed by atoms with Gasteiger partial charge in [-0.25, -0.2) is 0 Å². The van der Waals surface area contributed by atoms with Gasteiger partial charge in [-0.05, 0) is 17.2 Å². The molecule has 1 aliphatic rings. The second kappa shape index (κ2) is 3.12. The van der Waals surface area contributed by atoms with Crippen LogP contribution in [0.2, 0.25) is 0 Å². The molecule has 0 aliphatic carbocycles. The summed E-state index contributed by atoms with van der Waals surface area (Å²) in [6.07, 6.45) is 5.31. The number of hydrogen-bond donors (Lipinski definition) is 1. The van der Waals surface area contributed by atoms with E-state index in [2.05, 4.69) is 46.2 Å². The molecule has 0 bridgehead atoms. The lowest BCUT2D eigenvalue weighted by molar-refractivity contribution is 0.631. The Morgan fingerprint density at radius 1 is 1.20 bits per heavy atom. The van der Waals surface area contributed by atoms with Gasteiger partial charge in [-0.2, -0.15) is 0 Å². The number of fused-ring (bicyclic) bond motifs is 1. The zero-order chi connectivity index (χ0) is 10.3. The maximum Gasteiger partial charge on any atom is 0.117 e. The third-order valence-electron chi connectivity index (χ3n) is 2.97. The van der Waals surface area contributed by atoms with Gasteiger partial charge in [-0.15, -0.1) is 0 Å². The van der Waals surface area contributed by atoms with Crippen molar-refractivity contribution in [2.75, 3.05) is 6.54 Å². The summed E-state index contributed by atoms with van der Waals surface area (Å²) in [5.41, 5.74) is 5.86. The van der Waals surface area contributed by atoms with Gasteiger partial charge in [0, 0.05) is 18.9 Å². The third-order valence-corrected chi connectivity index (χ3v) is 2.97. The molecule has 0 saturated heterocycles. The summed E-state index contributed by atoms with van der Waals surface area (Å²) in [6, 6.07) is 8.61. The number of nitrogens with two attached hydrogens (primary N) is 1. The molecule has 0 radical (unpaired) electrons. The molecule has 0 saturated carbocycles. The Labute approximate surface area is 88.2 Å². The van der Waals surface area contributed by atoms with Crippen LogP contribution in [0.1, 0.15) is 12.5 Å². The molecule has 3 nitrogen and oxygen atoms in total. The number of aliphatic imine (C=N–C) groups is 1. The highest BCUT2D eigenvalue weighted by atomic mass is 15.1. The second-order valence-corrected chi connectivity index (χ2v) is 3.95. The molecule has 0 spiro atoms. The first-order valence-corrected chi connectivity index (χ1v) is 5.20. The minimum atomic E-state index is 0.261. The van der Waals surface area contributed by atoms with Gasteiger partial charge in [0.15, 0.2) is 0 Å². The minimum Gasteiger partial charge on any atom is -0.386 e. The van der Waals surface area contributed by atoms with Crippen LogP contribution in [0.5, 0.6) is 0 Å². The van der Waals surface area contributed by atoms with Crippen molar-refractivity contribution in [2.24, 2.45) is 10.7 Å². The number of benzene rings is 1. The molecule has 15 heavy (non-hydrogen) atoms. The monoisotopic (exact) mass is 199 g/mol. The van der Waals surface area contributed by atoms with Crippen LogP contribution in [0.15, 0.2) is 41.7 Å². The topological polar surface area (TPSA) is 43.3 Å². The standard InChI is InChI=1S/C12H13N3/c13-12-11(5-6-14-12)15-7-9-3-1-2-4-10(9)8-15/h1-4,7-8,11H,5-6H2,(H2,13,14). The number of hydrogen-bond acceptors (Lipinski definition) is 2. The van der Waals surface area contributed by atoms with E-state index in [4.69, 9.17) is 5.73 Å². The van der Waals surface area contributed by atoms with E-state index in [9.17, 15) is 0 Å². The van der Waals surface area contributed by atoms with Crippen molar-refractivity contribution in [1.82, 2.24) is 4.57 Å². The number of rotatable bonds is 1. The molecular formula is C12H13N3. The molecule has 0 fully saturated rings. The average Bonchev–Trinajstić information content (AvgIpc) is 2.82. The molecule has 1 unspecified atom stereocenters. The Morgan fingerprint density at radius 2 is 1.87 bits per heavy atom. The summed E-state index contributed by atoms with van der Waals surface area (Å²) >= 11 is 0. The maximum atomic E-state index is 5.86. The Morgan fingerprint density at radius 3 is 2.40 bits per heavy atom. The third kappa shape index (κ3) is 1.31. The summed E-state index contributed by atoms with van der Waals surface area (Å²) in [5, 5.41) is 2.52. The van der Waals surface area contributed by atoms with Crippen LogP contribution < -0.4 is 5.73 Å². The first-order valence-electron chi connectivity index (χ1n) is 5.20. The first-order chi connectivity index (χ1) is 7.34. The lowest BCUT2D eigenvalue weighted by Gasteiger charge is -2.11. The van der Waals surface area contributed by atoms with E-state index >= 15 is 0 Å². The van der Waals surface area contributed by atoms with E-state index in [0.717, 1.165) is 18.8 Å². The summed E-state index contributed by atoms with van der Waals surface area (Å²) in [5.74, 6) is 0.760. The van der Waals surface area contributed by atoms with Crippen molar-refractivity contribution >= 4 is 16.6 Å². The molecule has 1 aromatic heterocycles. The highest BCUT2D eigenvalue weighted by Gasteiger charge is 2.19. The zero-order valence-corrected chi connectivity index (χ0v) is 8.43. The van der Waals surface area contributed by atoms with Crippen LogP contribution in [0.4, 0.5) is 0 Å². The predicted molar refractivity (Wildman–Crippen MR) is 62.1 cm³/mol. The lowest BCUT2D eigenvalue weighted by atomic mass is 10.2. The molecule has 0 amide bonds. The van der Waals surface area contributed by atoms with Crippen molar-refractivity contribution in [3.05, 3.63) is 36.7 Å². The van der Waals surface area contributed by atoms with E-state index < -0.39 is 0 Å². The summed E-state index contributed by atoms with van der Waals surface area (Å²) in [4.78, 5) is 4.24. The molecule has 1 atom stereocenters. The normalized spacial score (nSPS) is 20.8. The van der Waals surface area contributed by atoms with Crippen molar-refractivity contribution in [1.29, 1.82) is 0 Å². The number of amidine groups is 1. The van der Waals surface area contributed by atoms with E-state index in [1.807, 2.05) is 0 Å². The Hall–Kier alpha value is -1.77. The molecule has 1 aliphatic heterocycles. The fraction of sp³-hybridized carbons (Fsp3) is 0.250. The highest BCUT2D eigenvalue weighted by molar-refractivity contribution is 5.88. The van der Waals surface area contributed by atoms with Crippen LogP contribution >= 0.6 is 0 Å². The molecule has 76 valence electrons. The molecule has 2 N–H and O–H groups in total. The smallest absolute Gasteiger partial charge is 0.117 e. The van der Waals surface area contributed by atoms with Gasteiger partial charge in [0.1, 0.15) is 5.84 Å². The van der Waals surface area contributed by atoms with Crippen LogP contribution in [-0.2, 0) is 0 Å². The predicted octanol–water partition coefficient (Wildman–Crippen LogP) is 1.94. The Balaban J connectivity index is 2.08. The van der Waals surface area contributed by atoms with Gasteiger partial charge >= 0.3 is 0 Å². The molecule has 2 aromatic rings. The largest absolute Gasteiger partial charge is 0.386 e. The number of nitrogens with zero attached hydrogens (tertiary/aromatic N) is 2. The lowest BCUT2D eigenvalue weighted by Crippen LogP contribution is -2.22. The van der Waals surface area contributed by atoms with Gasteiger partial charge in [0.05, 0.1) is 6.04 Å². The second-order valence-electron chi connectivity index (χ2n) is 3.95. The Kier molecular flexibility index (Phi) is 1.78. The van der Waals surface area contributed by atoms with Gasteiger partial charge in [-0.3, -0.25) is 4.99 Å². The van der Waals surface area contributed by atoms with Crippen molar-refractivity contribution < 1.29 is 0 Å². The molecule has 3 rings (SSSR count).